The normalized spacial score (nSPS) is 20.8. The third-order valence-corrected chi connectivity index (χ3v) is 4.17. The topological polar surface area (TPSA) is 67.5 Å². The first-order valence-electron chi connectivity index (χ1n) is 8.27. The van der Waals surface area contributed by atoms with E-state index >= 15 is 0 Å². The predicted octanol–water partition coefficient (Wildman–Crippen LogP) is 4.34. The lowest BCUT2D eigenvalue weighted by atomic mass is 9.89. The number of primary amides is 1. The molecular formula is C16H31N3O. The molecule has 0 aromatic rings. The van der Waals surface area contributed by atoms with Gasteiger partial charge in [0.1, 0.15) is 0 Å². The van der Waals surface area contributed by atoms with Crippen molar-refractivity contribution in [2.45, 2.75) is 84.0 Å². The molecule has 0 saturated heterocycles. The standard InChI is InChI=1S/C16H31N3O/c1-14(18-19-16(17)20)13-15-11-9-7-5-3-2-4-6-8-10-12-15/h15H,2-13H2,1H3,(H3,17,19,20)/b18-14+. The van der Waals surface area contributed by atoms with Gasteiger partial charge < -0.3 is 5.73 Å². The van der Waals surface area contributed by atoms with E-state index in [9.17, 15) is 4.79 Å². The zero-order valence-corrected chi connectivity index (χ0v) is 13.0. The van der Waals surface area contributed by atoms with Crippen molar-refractivity contribution in [3.63, 3.8) is 0 Å². The second kappa shape index (κ2) is 10.7. The Bertz CT molecular complexity index is 290. The third kappa shape index (κ3) is 8.94. The van der Waals surface area contributed by atoms with Gasteiger partial charge in [-0.25, -0.2) is 10.2 Å². The monoisotopic (exact) mass is 281 g/mol. The van der Waals surface area contributed by atoms with Gasteiger partial charge in [-0.05, 0) is 19.3 Å². The summed E-state index contributed by atoms with van der Waals surface area (Å²) in [7, 11) is 0. The molecule has 0 heterocycles. The zero-order valence-electron chi connectivity index (χ0n) is 13.0. The lowest BCUT2D eigenvalue weighted by molar-refractivity contribution is 0.249. The fourth-order valence-electron chi connectivity index (χ4n) is 3.07. The second-order valence-electron chi connectivity index (χ2n) is 6.15. The summed E-state index contributed by atoms with van der Waals surface area (Å²) in [5.74, 6) is 0.716. The number of hydrogen-bond donors (Lipinski definition) is 2. The first-order chi connectivity index (χ1) is 9.68. The fraction of sp³-hybridized carbons (Fsp3) is 0.875. The number of rotatable bonds is 3. The highest BCUT2D eigenvalue weighted by Crippen LogP contribution is 2.23. The Morgan fingerprint density at radius 3 is 1.90 bits per heavy atom. The van der Waals surface area contributed by atoms with E-state index in [1.165, 1.54) is 70.6 Å². The van der Waals surface area contributed by atoms with Crippen LogP contribution < -0.4 is 11.2 Å². The molecule has 0 aliphatic heterocycles. The predicted molar refractivity (Wildman–Crippen MR) is 84.7 cm³/mol. The summed E-state index contributed by atoms with van der Waals surface area (Å²) in [6, 6.07) is -0.581. The Balaban J connectivity index is 2.37. The van der Waals surface area contributed by atoms with E-state index < -0.39 is 6.03 Å². The van der Waals surface area contributed by atoms with E-state index in [4.69, 9.17) is 5.73 Å². The lowest BCUT2D eigenvalue weighted by Crippen LogP contribution is -2.25. The number of nitrogens with one attached hydrogen (secondary N) is 1. The van der Waals surface area contributed by atoms with Crippen molar-refractivity contribution in [2.24, 2.45) is 16.8 Å². The number of amides is 2. The van der Waals surface area contributed by atoms with Crippen molar-refractivity contribution in [1.29, 1.82) is 0 Å². The molecule has 1 fully saturated rings. The molecule has 0 radical (unpaired) electrons. The van der Waals surface area contributed by atoms with Gasteiger partial charge in [0, 0.05) is 5.71 Å². The SMILES string of the molecule is C/C(CC1CCCCCCCCCCC1)=N\NC(N)=O. The van der Waals surface area contributed by atoms with Crippen LogP contribution in [0.15, 0.2) is 5.10 Å². The Morgan fingerprint density at radius 2 is 1.45 bits per heavy atom. The van der Waals surface area contributed by atoms with Crippen LogP contribution in [0.5, 0.6) is 0 Å². The Labute approximate surface area is 123 Å². The molecule has 20 heavy (non-hydrogen) atoms. The highest BCUT2D eigenvalue weighted by molar-refractivity contribution is 5.83. The Hall–Kier alpha value is -1.06. The van der Waals surface area contributed by atoms with E-state index in [-0.39, 0.29) is 0 Å². The van der Waals surface area contributed by atoms with Crippen molar-refractivity contribution >= 4 is 11.7 Å². The van der Waals surface area contributed by atoms with Crippen molar-refractivity contribution in [1.82, 2.24) is 5.43 Å². The van der Waals surface area contributed by atoms with Crippen LogP contribution in [0.3, 0.4) is 0 Å². The van der Waals surface area contributed by atoms with Gasteiger partial charge >= 0.3 is 6.03 Å². The molecule has 4 nitrogen and oxygen atoms in total. The third-order valence-electron chi connectivity index (χ3n) is 4.17. The number of carbonyl (C=O) groups is 1. The molecule has 0 aromatic carbocycles. The minimum absolute atomic E-state index is 0.581. The maximum atomic E-state index is 10.7. The minimum atomic E-state index is -0.581. The van der Waals surface area contributed by atoms with Crippen molar-refractivity contribution in [3.8, 4) is 0 Å². The first-order valence-corrected chi connectivity index (χ1v) is 8.27. The summed E-state index contributed by atoms with van der Waals surface area (Å²) in [6.45, 7) is 1.98. The highest BCUT2D eigenvalue weighted by Gasteiger charge is 2.11. The van der Waals surface area contributed by atoms with Gasteiger partial charge in [-0.15, -0.1) is 0 Å². The summed E-state index contributed by atoms with van der Waals surface area (Å²) < 4.78 is 0. The Kier molecular flexibility index (Phi) is 9.09. The van der Waals surface area contributed by atoms with Crippen LogP contribution in [0.1, 0.15) is 84.0 Å². The van der Waals surface area contributed by atoms with Crippen LogP contribution in [-0.4, -0.2) is 11.7 Å². The summed E-state index contributed by atoms with van der Waals surface area (Å²) in [5, 5.41) is 4.04. The minimum Gasteiger partial charge on any atom is -0.350 e. The first kappa shape index (κ1) is 17.0. The van der Waals surface area contributed by atoms with Crippen LogP contribution in [-0.2, 0) is 0 Å². The second-order valence-corrected chi connectivity index (χ2v) is 6.15. The summed E-state index contributed by atoms with van der Waals surface area (Å²) in [4.78, 5) is 10.7. The van der Waals surface area contributed by atoms with Gasteiger partial charge in [0.25, 0.3) is 0 Å². The van der Waals surface area contributed by atoms with Gasteiger partial charge in [-0.1, -0.05) is 70.6 Å². The van der Waals surface area contributed by atoms with E-state index in [0.717, 1.165) is 12.1 Å². The maximum absolute atomic E-state index is 10.7. The van der Waals surface area contributed by atoms with Crippen LogP contribution in [0.4, 0.5) is 4.79 Å². The molecule has 0 atom stereocenters. The quantitative estimate of drug-likeness (QED) is 0.586. The molecule has 116 valence electrons. The van der Waals surface area contributed by atoms with E-state index in [1.54, 1.807) is 0 Å². The molecule has 1 aliphatic rings. The van der Waals surface area contributed by atoms with Crippen molar-refractivity contribution in [3.05, 3.63) is 0 Å². The number of carbonyl (C=O) groups excluding carboxylic acids is 1. The summed E-state index contributed by atoms with van der Waals surface area (Å²) in [5.41, 5.74) is 8.35. The zero-order chi connectivity index (χ0) is 14.6. The summed E-state index contributed by atoms with van der Waals surface area (Å²) in [6.07, 6.45) is 16.0. The van der Waals surface area contributed by atoms with Crippen LogP contribution >= 0.6 is 0 Å². The molecule has 1 aliphatic carbocycles. The van der Waals surface area contributed by atoms with E-state index in [0.29, 0.717) is 5.92 Å². The molecule has 0 unspecified atom stereocenters. The molecule has 2 amide bonds. The average molecular weight is 281 g/mol. The van der Waals surface area contributed by atoms with Gasteiger partial charge in [0.2, 0.25) is 0 Å². The highest BCUT2D eigenvalue weighted by atomic mass is 16.2. The molecule has 1 rings (SSSR count). The molecule has 0 bridgehead atoms. The maximum Gasteiger partial charge on any atom is 0.332 e. The number of urea groups is 1. The molecule has 0 aromatic heterocycles. The largest absolute Gasteiger partial charge is 0.350 e. The van der Waals surface area contributed by atoms with Gasteiger partial charge in [-0.3, -0.25) is 0 Å². The molecule has 0 spiro atoms. The fourth-order valence-corrected chi connectivity index (χ4v) is 3.07. The van der Waals surface area contributed by atoms with Crippen molar-refractivity contribution < 1.29 is 4.79 Å². The van der Waals surface area contributed by atoms with Crippen LogP contribution in [0.2, 0.25) is 0 Å². The van der Waals surface area contributed by atoms with Gasteiger partial charge in [0.15, 0.2) is 0 Å². The van der Waals surface area contributed by atoms with Crippen molar-refractivity contribution in [2.75, 3.05) is 0 Å². The smallest absolute Gasteiger partial charge is 0.332 e. The average Bonchev–Trinajstić information content (AvgIpc) is 2.39. The number of hydrazone groups is 1. The van der Waals surface area contributed by atoms with E-state index in [1.807, 2.05) is 6.92 Å². The molecular weight excluding hydrogens is 250 g/mol. The summed E-state index contributed by atoms with van der Waals surface area (Å²) >= 11 is 0. The molecule has 4 heteroatoms. The van der Waals surface area contributed by atoms with Gasteiger partial charge in [-0.2, -0.15) is 5.10 Å². The Morgan fingerprint density at radius 1 is 1.00 bits per heavy atom. The van der Waals surface area contributed by atoms with E-state index in [2.05, 4.69) is 10.5 Å². The number of nitrogens with two attached hydrogens (primary N) is 1. The lowest BCUT2D eigenvalue weighted by Gasteiger charge is -2.17. The van der Waals surface area contributed by atoms with Gasteiger partial charge in [0.05, 0.1) is 0 Å². The number of hydrogen-bond acceptors (Lipinski definition) is 2. The van der Waals surface area contributed by atoms with Crippen LogP contribution in [0, 0.1) is 5.92 Å². The number of nitrogens with zero attached hydrogens (tertiary/aromatic N) is 1. The molecule has 3 N–H and O–H groups in total. The molecule has 1 saturated carbocycles. The van der Waals surface area contributed by atoms with Crippen LogP contribution in [0.25, 0.3) is 0 Å².